The normalized spacial score (nSPS) is 18.1. The van der Waals surface area contributed by atoms with Crippen LogP contribution in [0.2, 0.25) is 0 Å². The maximum absolute atomic E-state index is 12.3. The van der Waals surface area contributed by atoms with E-state index in [0.29, 0.717) is 0 Å². The van der Waals surface area contributed by atoms with Crippen molar-refractivity contribution in [3.63, 3.8) is 0 Å². The number of hydrogen-bond donors (Lipinski definition) is 0. The van der Waals surface area contributed by atoms with Crippen molar-refractivity contribution in [3.8, 4) is 0 Å². The summed E-state index contributed by atoms with van der Waals surface area (Å²) in [5, 5.41) is 0. The van der Waals surface area contributed by atoms with E-state index in [1.807, 2.05) is 41.5 Å². The highest BCUT2D eigenvalue weighted by Gasteiger charge is 2.79. The summed E-state index contributed by atoms with van der Waals surface area (Å²) >= 11 is 0. The van der Waals surface area contributed by atoms with E-state index in [4.69, 9.17) is 19.2 Å². The van der Waals surface area contributed by atoms with Gasteiger partial charge in [0.05, 0.1) is 26.1 Å². The first kappa shape index (κ1) is 17.9. The van der Waals surface area contributed by atoms with E-state index >= 15 is 0 Å². The fourth-order valence-corrected chi connectivity index (χ4v) is 3.61. The molecule has 0 bridgehead atoms. The molecule has 0 aliphatic carbocycles. The van der Waals surface area contributed by atoms with E-state index in [2.05, 4.69) is 0 Å². The Morgan fingerprint density at radius 1 is 0.905 bits per heavy atom. The minimum absolute atomic E-state index is 0.0222. The zero-order chi connectivity index (χ0) is 16.7. The maximum atomic E-state index is 12.3. The molecule has 0 aromatic heterocycles. The van der Waals surface area contributed by atoms with Gasteiger partial charge in [0.15, 0.2) is 0 Å². The van der Waals surface area contributed by atoms with Crippen LogP contribution >= 0.6 is 0 Å². The first-order valence-electron chi connectivity index (χ1n) is 6.92. The monoisotopic (exact) mass is 302 g/mol. The molecule has 0 radical (unpaired) electrons. The van der Waals surface area contributed by atoms with Crippen LogP contribution in [-0.4, -0.2) is 31.9 Å². The first-order valence-corrected chi connectivity index (χ1v) is 6.92. The second-order valence-electron chi connectivity index (χ2n) is 7.43. The van der Waals surface area contributed by atoms with Crippen LogP contribution in [0, 0.1) is 16.2 Å². The molecule has 6 nitrogen and oxygen atoms in total. The minimum Gasteiger partial charge on any atom is -0.469 e. The van der Waals surface area contributed by atoms with Crippen molar-refractivity contribution in [3.05, 3.63) is 0 Å². The number of esters is 2. The molecule has 1 heterocycles. The first-order chi connectivity index (χ1) is 9.39. The fourth-order valence-electron chi connectivity index (χ4n) is 3.61. The van der Waals surface area contributed by atoms with Gasteiger partial charge >= 0.3 is 17.7 Å². The number of hydrogen-bond acceptors (Lipinski definition) is 6. The largest absolute Gasteiger partial charge is 0.469 e. The van der Waals surface area contributed by atoms with Crippen molar-refractivity contribution in [2.45, 2.75) is 53.8 Å². The Morgan fingerprint density at radius 2 is 1.33 bits per heavy atom. The van der Waals surface area contributed by atoms with Crippen LogP contribution in [-0.2, 0) is 28.8 Å². The smallest absolute Gasteiger partial charge is 0.373 e. The van der Waals surface area contributed by atoms with Gasteiger partial charge in [0.1, 0.15) is 0 Å². The Kier molecular flexibility index (Phi) is 4.48. The second kappa shape index (κ2) is 5.25. The Labute approximate surface area is 126 Å². The maximum Gasteiger partial charge on any atom is 0.373 e. The molecule has 1 aliphatic heterocycles. The van der Waals surface area contributed by atoms with E-state index in [1.165, 1.54) is 14.2 Å². The summed E-state index contributed by atoms with van der Waals surface area (Å²) in [5.41, 5.74) is -1.96. The Morgan fingerprint density at radius 3 is 1.57 bits per heavy atom. The minimum atomic E-state index is -1.59. The van der Waals surface area contributed by atoms with Crippen LogP contribution in [0.3, 0.4) is 0 Å². The van der Waals surface area contributed by atoms with Gasteiger partial charge in [0.25, 0.3) is 0 Å². The fraction of sp³-hybridized carbons (Fsp3) is 0.867. The highest BCUT2D eigenvalue weighted by atomic mass is 17.4. The molecular formula is C15H26O6. The molecule has 1 saturated heterocycles. The summed E-state index contributed by atoms with van der Waals surface area (Å²) in [5.74, 6) is -2.66. The van der Waals surface area contributed by atoms with Gasteiger partial charge in [0, 0.05) is 0 Å². The van der Waals surface area contributed by atoms with E-state index < -0.39 is 34.0 Å². The van der Waals surface area contributed by atoms with Crippen LogP contribution in [0.1, 0.15) is 48.0 Å². The molecule has 0 N–H and O–H groups in total. The summed E-state index contributed by atoms with van der Waals surface area (Å²) in [6.07, 6.45) is -0.0222. The quantitative estimate of drug-likeness (QED) is 0.451. The lowest BCUT2D eigenvalue weighted by Gasteiger charge is -2.53. The molecule has 1 fully saturated rings. The van der Waals surface area contributed by atoms with Gasteiger partial charge in [-0.05, 0) is 10.8 Å². The molecule has 6 heteroatoms. The molecule has 0 amide bonds. The summed E-state index contributed by atoms with van der Waals surface area (Å²) in [7, 11) is 2.58. The molecule has 0 aromatic carbocycles. The van der Waals surface area contributed by atoms with Crippen molar-refractivity contribution >= 4 is 11.9 Å². The van der Waals surface area contributed by atoms with Crippen molar-refractivity contribution in [1.82, 2.24) is 0 Å². The molecule has 0 atom stereocenters. The molecule has 0 unspecified atom stereocenters. The van der Waals surface area contributed by atoms with Crippen LogP contribution < -0.4 is 0 Å². The topological polar surface area (TPSA) is 77.7 Å². The van der Waals surface area contributed by atoms with Crippen LogP contribution in [0.15, 0.2) is 0 Å². The number of carbonyl (C=O) groups is 2. The lowest BCUT2D eigenvalue weighted by molar-refractivity contribution is -0.181. The second-order valence-corrected chi connectivity index (χ2v) is 7.43. The third-order valence-electron chi connectivity index (χ3n) is 4.46. The lowest BCUT2D eigenvalue weighted by atomic mass is 9.49. The third kappa shape index (κ3) is 2.55. The summed E-state index contributed by atoms with van der Waals surface area (Å²) < 4.78 is 9.68. The molecule has 0 saturated carbocycles. The molecule has 0 spiro atoms. The van der Waals surface area contributed by atoms with Crippen LogP contribution in [0.5, 0.6) is 0 Å². The zero-order valence-electron chi connectivity index (χ0n) is 14.2. The van der Waals surface area contributed by atoms with Crippen LogP contribution in [0.25, 0.3) is 0 Å². The van der Waals surface area contributed by atoms with Gasteiger partial charge in [-0.25, -0.2) is 4.79 Å². The van der Waals surface area contributed by atoms with Gasteiger partial charge in [-0.15, -0.1) is 0 Å². The number of carbonyl (C=O) groups excluding carboxylic acids is 2. The van der Waals surface area contributed by atoms with E-state index in [-0.39, 0.29) is 6.42 Å². The SMILES string of the molecule is COC(=O)CC(C(C)(C)C)(C(C)(C)C)C1(C(=O)OC)OO1. The number of rotatable bonds is 4. The van der Waals surface area contributed by atoms with Crippen molar-refractivity contribution < 1.29 is 28.8 Å². The van der Waals surface area contributed by atoms with E-state index in [1.54, 1.807) is 0 Å². The Hall–Kier alpha value is -1.14. The van der Waals surface area contributed by atoms with Crippen molar-refractivity contribution in [2.75, 3.05) is 14.2 Å². The van der Waals surface area contributed by atoms with Gasteiger partial charge < -0.3 is 9.47 Å². The molecule has 0 aromatic rings. The highest BCUT2D eigenvalue weighted by molar-refractivity contribution is 5.82. The van der Waals surface area contributed by atoms with E-state index in [9.17, 15) is 9.59 Å². The molecule has 21 heavy (non-hydrogen) atoms. The average molecular weight is 302 g/mol. The molecule has 122 valence electrons. The average Bonchev–Trinajstić information content (AvgIpc) is 3.12. The molecular weight excluding hydrogens is 276 g/mol. The number of methoxy groups -OCH3 is 2. The van der Waals surface area contributed by atoms with Gasteiger partial charge in [0.2, 0.25) is 0 Å². The standard InChI is InChI=1S/C15H26O6/c1-12(2,3)14(13(4,5)6,9-10(16)18-7)15(20-21-15)11(17)19-8/h9H2,1-8H3. The zero-order valence-corrected chi connectivity index (χ0v) is 14.2. The Balaban J connectivity index is 3.54. The van der Waals surface area contributed by atoms with Gasteiger partial charge in [-0.3, -0.25) is 4.79 Å². The Bertz CT molecular complexity index is 408. The lowest BCUT2D eigenvalue weighted by Crippen LogP contribution is -2.60. The molecule has 1 aliphatic rings. The van der Waals surface area contributed by atoms with Crippen LogP contribution in [0.4, 0.5) is 0 Å². The van der Waals surface area contributed by atoms with Gasteiger partial charge in [-0.2, -0.15) is 9.78 Å². The predicted molar refractivity (Wildman–Crippen MR) is 74.9 cm³/mol. The summed E-state index contributed by atoms with van der Waals surface area (Å²) in [6, 6.07) is 0. The predicted octanol–water partition coefficient (Wildman–Crippen LogP) is 2.46. The summed E-state index contributed by atoms with van der Waals surface area (Å²) in [6.45, 7) is 11.6. The van der Waals surface area contributed by atoms with Crippen molar-refractivity contribution in [2.24, 2.45) is 16.2 Å². The van der Waals surface area contributed by atoms with Crippen molar-refractivity contribution in [1.29, 1.82) is 0 Å². The number of ether oxygens (including phenoxy) is 2. The third-order valence-corrected chi connectivity index (χ3v) is 4.46. The van der Waals surface area contributed by atoms with E-state index in [0.717, 1.165) is 0 Å². The summed E-state index contributed by atoms with van der Waals surface area (Å²) in [4.78, 5) is 34.6. The van der Waals surface area contributed by atoms with Gasteiger partial charge in [-0.1, -0.05) is 41.5 Å². The molecule has 1 rings (SSSR count). The highest BCUT2D eigenvalue weighted by Crippen LogP contribution is 2.66.